The molecule has 2 aliphatic heterocycles. The van der Waals surface area contributed by atoms with Crippen LogP contribution in [0.4, 0.5) is 11.5 Å². The Kier molecular flexibility index (Phi) is 10.4. The van der Waals surface area contributed by atoms with E-state index in [0.29, 0.717) is 29.7 Å². The van der Waals surface area contributed by atoms with Crippen molar-refractivity contribution in [2.45, 2.75) is 94.9 Å². The van der Waals surface area contributed by atoms with Gasteiger partial charge >= 0.3 is 0 Å². The Labute approximate surface area is 272 Å². The predicted molar refractivity (Wildman–Crippen MR) is 178 cm³/mol. The van der Waals surface area contributed by atoms with E-state index in [-0.39, 0.29) is 28.0 Å². The number of aryl methyl sites for hydroxylation is 1. The van der Waals surface area contributed by atoms with Gasteiger partial charge in [0.2, 0.25) is 5.91 Å². The molecule has 5 rings (SSSR count). The number of rotatable bonds is 10. The van der Waals surface area contributed by atoms with Gasteiger partial charge in [0.15, 0.2) is 15.7 Å². The number of amides is 1. The van der Waals surface area contributed by atoms with E-state index in [4.69, 9.17) is 21.3 Å². The number of ether oxygens (including phenoxy) is 1. The molecule has 242 valence electrons. The van der Waals surface area contributed by atoms with Crippen LogP contribution >= 0.6 is 11.6 Å². The average Bonchev–Trinajstić information content (AvgIpc) is 3.55. The molecule has 0 aliphatic carbocycles. The van der Waals surface area contributed by atoms with E-state index in [1.807, 2.05) is 18.7 Å². The second-order valence-corrected chi connectivity index (χ2v) is 15.5. The molecule has 3 aromatic rings. The van der Waals surface area contributed by atoms with Crippen LogP contribution in [0.1, 0.15) is 81.8 Å². The quantitative estimate of drug-likeness (QED) is 0.266. The van der Waals surface area contributed by atoms with Crippen molar-refractivity contribution in [3.05, 3.63) is 70.1 Å². The summed E-state index contributed by atoms with van der Waals surface area (Å²) in [4.78, 5) is 24.3. The van der Waals surface area contributed by atoms with Crippen LogP contribution in [0.5, 0.6) is 5.75 Å². The van der Waals surface area contributed by atoms with Crippen molar-refractivity contribution in [2.75, 3.05) is 25.0 Å². The van der Waals surface area contributed by atoms with Gasteiger partial charge in [0.25, 0.3) is 0 Å². The summed E-state index contributed by atoms with van der Waals surface area (Å²) < 4.78 is 32.3. The Morgan fingerprint density at radius 2 is 1.87 bits per heavy atom. The SMILES string of the molecule is Cc1cc(Cc2ncc(Cl)c(Nc3ccccc3S(=O)(=O)C(C)C)n2)c(OC(C)C)cc1C1CCN(C(=O)[C@@H]2CCCN2)CC1. The van der Waals surface area contributed by atoms with Gasteiger partial charge in [0.05, 0.1) is 34.2 Å². The van der Waals surface area contributed by atoms with Crippen LogP contribution in [0.15, 0.2) is 47.5 Å². The number of hydrogen-bond donors (Lipinski definition) is 2. The summed E-state index contributed by atoms with van der Waals surface area (Å²) in [6.45, 7) is 11.9. The molecule has 9 nitrogen and oxygen atoms in total. The smallest absolute Gasteiger partial charge is 0.239 e. The number of benzene rings is 2. The van der Waals surface area contributed by atoms with E-state index in [0.717, 1.165) is 56.6 Å². The minimum absolute atomic E-state index is 0.0257. The molecule has 2 N–H and O–H groups in total. The third-order valence-electron chi connectivity index (χ3n) is 8.63. The van der Waals surface area contributed by atoms with Crippen LogP contribution in [0, 0.1) is 6.92 Å². The van der Waals surface area contributed by atoms with Gasteiger partial charge in [-0.05, 0) is 102 Å². The molecule has 2 fully saturated rings. The maximum Gasteiger partial charge on any atom is 0.239 e. The standard InChI is InChI=1S/C34H44ClN5O4S/c1-21(2)44-30-19-26(24-12-15-40(16-13-24)34(41)29-10-8-14-36-29)23(5)17-25(30)18-32-37-20-27(35)33(39-32)38-28-9-6-7-11-31(28)45(42,43)22(3)4/h6-7,9,11,17,19-22,24,29,36H,8,10,12-16,18H2,1-5H3,(H,37,38,39)/t29-/m0/s1. The van der Waals surface area contributed by atoms with Crippen molar-refractivity contribution in [1.82, 2.24) is 20.2 Å². The fourth-order valence-corrected chi connectivity index (χ4v) is 7.52. The van der Waals surface area contributed by atoms with Gasteiger partial charge < -0.3 is 20.3 Å². The molecular formula is C34H44ClN5O4S. The fraction of sp³-hybridized carbons (Fsp3) is 0.500. The van der Waals surface area contributed by atoms with Crippen molar-refractivity contribution in [1.29, 1.82) is 0 Å². The number of carbonyl (C=O) groups is 1. The lowest BCUT2D eigenvalue weighted by Gasteiger charge is -2.34. The molecule has 1 atom stereocenters. The highest BCUT2D eigenvalue weighted by Gasteiger charge is 2.31. The van der Waals surface area contributed by atoms with Gasteiger partial charge in [0.1, 0.15) is 16.6 Å². The van der Waals surface area contributed by atoms with E-state index in [1.165, 1.54) is 17.3 Å². The largest absolute Gasteiger partial charge is 0.491 e. The maximum absolute atomic E-state index is 13.0. The molecule has 1 amide bonds. The van der Waals surface area contributed by atoms with Crippen LogP contribution in [-0.2, 0) is 21.1 Å². The number of para-hydroxylation sites is 1. The van der Waals surface area contributed by atoms with Gasteiger partial charge in [-0.3, -0.25) is 4.79 Å². The van der Waals surface area contributed by atoms with Crippen LogP contribution < -0.4 is 15.4 Å². The lowest BCUT2D eigenvalue weighted by molar-refractivity contribution is -0.134. The first-order valence-corrected chi connectivity index (χ1v) is 17.8. The van der Waals surface area contributed by atoms with Gasteiger partial charge in [-0.25, -0.2) is 18.4 Å². The summed E-state index contributed by atoms with van der Waals surface area (Å²) in [5.41, 5.74) is 3.79. The normalized spacial score (nSPS) is 17.7. The molecule has 45 heavy (non-hydrogen) atoms. The monoisotopic (exact) mass is 653 g/mol. The molecule has 3 heterocycles. The lowest BCUT2D eigenvalue weighted by Crippen LogP contribution is -2.46. The van der Waals surface area contributed by atoms with Gasteiger partial charge in [-0.2, -0.15) is 0 Å². The van der Waals surface area contributed by atoms with E-state index >= 15 is 0 Å². The van der Waals surface area contributed by atoms with Crippen molar-refractivity contribution in [3.8, 4) is 5.75 Å². The van der Waals surface area contributed by atoms with Crippen LogP contribution in [-0.4, -0.2) is 66.2 Å². The Bertz CT molecular complexity index is 1630. The zero-order chi connectivity index (χ0) is 32.3. The third-order valence-corrected chi connectivity index (χ3v) is 11.1. The number of nitrogens with zero attached hydrogens (tertiary/aromatic N) is 3. The van der Waals surface area contributed by atoms with E-state index in [1.54, 1.807) is 38.1 Å². The van der Waals surface area contributed by atoms with E-state index in [9.17, 15) is 13.2 Å². The Hall–Kier alpha value is -3.21. The third kappa shape index (κ3) is 7.61. The van der Waals surface area contributed by atoms with Crippen LogP contribution in [0.3, 0.4) is 0 Å². The van der Waals surface area contributed by atoms with Crippen molar-refractivity contribution in [2.24, 2.45) is 0 Å². The second kappa shape index (κ2) is 14.1. The first-order valence-electron chi connectivity index (χ1n) is 15.9. The number of nitrogens with one attached hydrogen (secondary N) is 2. The van der Waals surface area contributed by atoms with E-state index in [2.05, 4.69) is 34.7 Å². The number of hydrogen-bond acceptors (Lipinski definition) is 8. The average molecular weight is 654 g/mol. The second-order valence-electron chi connectivity index (χ2n) is 12.6. The van der Waals surface area contributed by atoms with Gasteiger partial charge in [-0.1, -0.05) is 29.8 Å². The summed E-state index contributed by atoms with van der Waals surface area (Å²) in [5, 5.41) is 6.19. The number of halogens is 1. The van der Waals surface area contributed by atoms with E-state index < -0.39 is 15.1 Å². The number of piperidine rings is 1. The number of carbonyl (C=O) groups excluding carboxylic acids is 1. The molecule has 0 radical (unpaired) electrons. The predicted octanol–water partition coefficient (Wildman–Crippen LogP) is 6.20. The molecule has 0 saturated carbocycles. The molecule has 1 aromatic heterocycles. The highest BCUT2D eigenvalue weighted by atomic mass is 35.5. The molecular weight excluding hydrogens is 610 g/mol. The zero-order valence-corrected chi connectivity index (χ0v) is 28.3. The molecule has 2 aromatic carbocycles. The Balaban J connectivity index is 1.37. The molecule has 0 unspecified atom stereocenters. The summed E-state index contributed by atoms with van der Waals surface area (Å²) in [6.07, 6.45) is 5.74. The first-order chi connectivity index (χ1) is 21.4. The minimum atomic E-state index is -3.53. The summed E-state index contributed by atoms with van der Waals surface area (Å²) in [7, 11) is -3.53. The molecule has 0 spiro atoms. The van der Waals surface area contributed by atoms with Gasteiger partial charge in [-0.15, -0.1) is 0 Å². The number of anilines is 2. The van der Waals surface area contributed by atoms with Crippen molar-refractivity contribution in [3.63, 3.8) is 0 Å². The number of aromatic nitrogens is 2. The summed E-state index contributed by atoms with van der Waals surface area (Å²) in [5.74, 6) is 2.24. The molecule has 2 aliphatic rings. The molecule has 2 saturated heterocycles. The minimum Gasteiger partial charge on any atom is -0.491 e. The Morgan fingerprint density at radius 1 is 1.13 bits per heavy atom. The summed E-state index contributed by atoms with van der Waals surface area (Å²) in [6, 6.07) is 11.1. The van der Waals surface area contributed by atoms with Gasteiger partial charge in [0, 0.05) is 25.1 Å². The van der Waals surface area contributed by atoms with Crippen LogP contribution in [0.2, 0.25) is 5.02 Å². The highest BCUT2D eigenvalue weighted by Crippen LogP contribution is 2.36. The zero-order valence-electron chi connectivity index (χ0n) is 26.8. The number of sulfone groups is 1. The topological polar surface area (TPSA) is 114 Å². The lowest BCUT2D eigenvalue weighted by atomic mass is 9.85. The van der Waals surface area contributed by atoms with Crippen molar-refractivity contribution >= 4 is 38.9 Å². The molecule has 0 bridgehead atoms. The van der Waals surface area contributed by atoms with Crippen LogP contribution in [0.25, 0.3) is 0 Å². The molecule has 11 heteroatoms. The number of likely N-dealkylation sites (tertiary alicyclic amines) is 1. The fourth-order valence-electron chi connectivity index (χ4n) is 6.18. The first kappa shape index (κ1) is 33.2. The van der Waals surface area contributed by atoms with Crippen molar-refractivity contribution < 1.29 is 17.9 Å². The highest BCUT2D eigenvalue weighted by molar-refractivity contribution is 7.92. The Morgan fingerprint density at radius 3 is 2.53 bits per heavy atom. The maximum atomic E-state index is 13.0. The summed E-state index contributed by atoms with van der Waals surface area (Å²) >= 11 is 6.49.